The van der Waals surface area contributed by atoms with Crippen LogP contribution in [0.15, 0.2) is 115 Å². The van der Waals surface area contributed by atoms with E-state index in [1.54, 1.807) is 36.4 Å². The molecule has 9 heteroatoms. The molecule has 256 valence electrons. The summed E-state index contributed by atoms with van der Waals surface area (Å²) in [4.78, 5) is 60.0. The molecule has 0 bridgehead atoms. The quantitative estimate of drug-likeness (QED) is 0.168. The van der Waals surface area contributed by atoms with E-state index in [-0.39, 0.29) is 30.4 Å². The number of phenolic OH excluding ortho intramolecular Hbond substituents is 1. The van der Waals surface area contributed by atoms with Gasteiger partial charge in [-0.3, -0.25) is 29.5 Å². The summed E-state index contributed by atoms with van der Waals surface area (Å²) in [5.74, 6) is -5.16. The number of nitrogens with one attached hydrogen (secondary N) is 1. The van der Waals surface area contributed by atoms with Gasteiger partial charge < -0.3 is 9.84 Å². The highest BCUT2D eigenvalue weighted by molar-refractivity contribution is 6.22. The van der Waals surface area contributed by atoms with E-state index in [4.69, 9.17) is 4.74 Å². The number of nitrogens with zero attached hydrogens (tertiary/aromatic N) is 2. The van der Waals surface area contributed by atoms with Gasteiger partial charge in [0.25, 0.3) is 11.8 Å². The molecule has 2 aliphatic carbocycles. The van der Waals surface area contributed by atoms with Crippen LogP contribution in [0.25, 0.3) is 6.08 Å². The third-order valence-corrected chi connectivity index (χ3v) is 11.3. The minimum Gasteiger partial charge on any atom is -0.508 e. The molecule has 3 fully saturated rings. The van der Waals surface area contributed by atoms with Gasteiger partial charge in [-0.2, -0.15) is 5.01 Å². The van der Waals surface area contributed by atoms with Crippen molar-refractivity contribution in [3.63, 3.8) is 0 Å². The van der Waals surface area contributed by atoms with Crippen LogP contribution in [0.5, 0.6) is 11.5 Å². The number of hydrazine groups is 1. The van der Waals surface area contributed by atoms with Gasteiger partial charge in [0.2, 0.25) is 11.8 Å². The lowest BCUT2D eigenvalue weighted by Crippen LogP contribution is -2.53. The Morgan fingerprint density at radius 1 is 0.863 bits per heavy atom. The zero-order chi connectivity index (χ0) is 35.6. The number of carbonyl (C=O) groups is 4. The number of imide groups is 2. The van der Waals surface area contributed by atoms with Crippen molar-refractivity contribution >= 4 is 41.1 Å². The number of anilines is 2. The van der Waals surface area contributed by atoms with Crippen molar-refractivity contribution in [3.05, 3.63) is 138 Å². The topological polar surface area (TPSA) is 116 Å². The number of ether oxygens (including phenoxy) is 1. The molecule has 0 radical (unpaired) electrons. The molecule has 51 heavy (non-hydrogen) atoms. The molecule has 2 aliphatic heterocycles. The summed E-state index contributed by atoms with van der Waals surface area (Å²) in [6.07, 6.45) is 4.07. The standard InChI is InChI=1S/C42H37N3O6/c1-4-25-15-19-28(20-16-25)44-38(47)30-22-21-29-31(35(30)40(44)49)23-32-39(48)45(43-27-17-13-24(2)14-18-27)41(50)42(32,26-9-6-5-7-10-26)37(29)36-33(46)11-8-12-34(36)51-3/h4-21,30-32,35,37,43,46H,1,22-23H2,2-3H3/t30-,31+,32-,35-,37+,42+/m0/s1. The van der Waals surface area contributed by atoms with Crippen LogP contribution in [0.1, 0.15) is 41.0 Å². The van der Waals surface area contributed by atoms with Crippen LogP contribution < -0.4 is 15.1 Å². The molecule has 2 heterocycles. The second-order valence-electron chi connectivity index (χ2n) is 13.8. The fraction of sp³-hybridized carbons (Fsp3) is 0.238. The van der Waals surface area contributed by atoms with Crippen molar-refractivity contribution in [1.82, 2.24) is 5.01 Å². The summed E-state index contributed by atoms with van der Waals surface area (Å²) >= 11 is 0. The normalized spacial score (nSPS) is 26.7. The number of aryl methyl sites for hydroxylation is 1. The third-order valence-electron chi connectivity index (χ3n) is 11.3. The van der Waals surface area contributed by atoms with E-state index in [0.29, 0.717) is 28.3 Å². The van der Waals surface area contributed by atoms with Gasteiger partial charge in [0.1, 0.15) is 11.5 Å². The number of benzene rings is 4. The third kappa shape index (κ3) is 4.67. The summed E-state index contributed by atoms with van der Waals surface area (Å²) in [5, 5.41) is 12.8. The zero-order valence-corrected chi connectivity index (χ0v) is 28.3. The number of carbonyl (C=O) groups excluding carboxylic acids is 4. The van der Waals surface area contributed by atoms with Crippen LogP contribution in [0.3, 0.4) is 0 Å². The fourth-order valence-corrected chi connectivity index (χ4v) is 9.08. The maximum absolute atomic E-state index is 15.3. The molecule has 4 amide bonds. The number of phenols is 1. The Bertz CT molecular complexity index is 2130. The van der Waals surface area contributed by atoms with Crippen molar-refractivity contribution < 1.29 is 29.0 Å². The molecular formula is C42H37N3O6. The van der Waals surface area contributed by atoms with Gasteiger partial charge in [0.05, 0.1) is 41.7 Å². The predicted molar refractivity (Wildman–Crippen MR) is 192 cm³/mol. The van der Waals surface area contributed by atoms with Crippen LogP contribution in [0, 0.1) is 30.6 Å². The monoisotopic (exact) mass is 679 g/mol. The van der Waals surface area contributed by atoms with Gasteiger partial charge in [-0.25, -0.2) is 0 Å². The highest BCUT2D eigenvalue weighted by atomic mass is 16.5. The Kier molecular flexibility index (Phi) is 7.67. The van der Waals surface area contributed by atoms with Crippen molar-refractivity contribution in [2.75, 3.05) is 17.4 Å². The van der Waals surface area contributed by atoms with Gasteiger partial charge in [-0.1, -0.05) is 90.5 Å². The SMILES string of the molecule is C=Cc1ccc(N2C(=O)[C@H]3[C@H](CC=C4[C@H]3C[C@H]3C(=O)N(Nc5ccc(C)cc5)C(=O)[C@@]3(c3ccccc3)[C@H]4c3c(O)cccc3OC)C2=O)cc1. The lowest BCUT2D eigenvalue weighted by molar-refractivity contribution is -0.138. The molecule has 4 aromatic carbocycles. The lowest BCUT2D eigenvalue weighted by Gasteiger charge is -2.50. The van der Waals surface area contributed by atoms with Crippen LogP contribution in [-0.4, -0.2) is 40.9 Å². The van der Waals surface area contributed by atoms with E-state index in [2.05, 4.69) is 12.0 Å². The Morgan fingerprint density at radius 3 is 2.27 bits per heavy atom. The van der Waals surface area contributed by atoms with Crippen molar-refractivity contribution in [1.29, 1.82) is 0 Å². The van der Waals surface area contributed by atoms with E-state index >= 15 is 4.79 Å². The maximum atomic E-state index is 15.3. The number of amides is 4. The van der Waals surface area contributed by atoms with Gasteiger partial charge in [0.15, 0.2) is 0 Å². The highest BCUT2D eigenvalue weighted by Crippen LogP contribution is 2.66. The molecule has 4 aromatic rings. The number of rotatable bonds is 7. The number of hydrogen-bond donors (Lipinski definition) is 2. The second-order valence-corrected chi connectivity index (χ2v) is 13.8. The Morgan fingerprint density at radius 2 is 1.59 bits per heavy atom. The first-order chi connectivity index (χ1) is 24.7. The molecule has 4 aliphatic rings. The average molecular weight is 680 g/mol. The largest absolute Gasteiger partial charge is 0.508 e. The first kappa shape index (κ1) is 32.3. The van der Waals surface area contributed by atoms with Crippen LogP contribution in [-0.2, 0) is 24.6 Å². The van der Waals surface area contributed by atoms with E-state index < -0.39 is 46.8 Å². The molecule has 9 nitrogen and oxygen atoms in total. The number of fused-ring (bicyclic) bond motifs is 4. The van der Waals surface area contributed by atoms with Gasteiger partial charge in [0, 0.05) is 11.5 Å². The number of allylic oxidation sites excluding steroid dienone is 2. The van der Waals surface area contributed by atoms with Crippen LogP contribution >= 0.6 is 0 Å². The van der Waals surface area contributed by atoms with Crippen molar-refractivity contribution in [2.24, 2.45) is 23.7 Å². The first-order valence-electron chi connectivity index (χ1n) is 17.1. The number of aromatic hydroxyl groups is 1. The fourth-order valence-electron chi connectivity index (χ4n) is 9.08. The lowest BCUT2D eigenvalue weighted by atomic mass is 9.49. The minimum absolute atomic E-state index is 0.0972. The van der Waals surface area contributed by atoms with E-state index in [1.807, 2.05) is 79.7 Å². The number of hydrogen-bond acceptors (Lipinski definition) is 7. The summed E-state index contributed by atoms with van der Waals surface area (Å²) in [6.45, 7) is 5.75. The van der Waals surface area contributed by atoms with Crippen molar-refractivity contribution in [2.45, 2.75) is 31.1 Å². The summed E-state index contributed by atoms with van der Waals surface area (Å²) in [7, 11) is 1.50. The average Bonchev–Trinajstić information content (AvgIpc) is 3.53. The minimum atomic E-state index is -1.52. The second kappa shape index (κ2) is 12.1. The van der Waals surface area contributed by atoms with Gasteiger partial charge in [-0.05, 0) is 73.2 Å². The van der Waals surface area contributed by atoms with E-state index in [1.165, 1.54) is 12.0 Å². The Labute approximate surface area is 295 Å². The summed E-state index contributed by atoms with van der Waals surface area (Å²) in [6, 6.07) is 28.6. The van der Waals surface area contributed by atoms with Gasteiger partial charge >= 0.3 is 0 Å². The number of methoxy groups -OCH3 is 1. The smallest absolute Gasteiger partial charge is 0.260 e. The van der Waals surface area contributed by atoms with E-state index in [0.717, 1.165) is 21.7 Å². The zero-order valence-electron chi connectivity index (χ0n) is 28.3. The van der Waals surface area contributed by atoms with Crippen molar-refractivity contribution in [3.8, 4) is 11.5 Å². The maximum Gasteiger partial charge on any atom is 0.260 e. The molecule has 1 saturated carbocycles. The molecule has 0 spiro atoms. The first-order valence-corrected chi connectivity index (χ1v) is 17.1. The highest BCUT2D eigenvalue weighted by Gasteiger charge is 2.71. The van der Waals surface area contributed by atoms with E-state index in [9.17, 15) is 19.5 Å². The molecule has 2 N–H and O–H groups in total. The summed E-state index contributed by atoms with van der Waals surface area (Å²) < 4.78 is 5.85. The van der Waals surface area contributed by atoms with Crippen LogP contribution in [0.2, 0.25) is 0 Å². The Balaban J connectivity index is 1.33. The molecule has 8 rings (SSSR count). The van der Waals surface area contributed by atoms with Gasteiger partial charge in [-0.15, -0.1) is 0 Å². The Hall–Kier alpha value is -5.96. The molecular weight excluding hydrogens is 642 g/mol. The van der Waals surface area contributed by atoms with Crippen LogP contribution in [0.4, 0.5) is 11.4 Å². The molecule has 6 atom stereocenters. The molecule has 0 unspecified atom stereocenters. The molecule has 0 aromatic heterocycles. The summed E-state index contributed by atoms with van der Waals surface area (Å²) in [5.41, 5.74) is 6.19. The molecule has 2 saturated heterocycles. The predicted octanol–water partition coefficient (Wildman–Crippen LogP) is 6.54.